The van der Waals surface area contributed by atoms with Gasteiger partial charge in [0.25, 0.3) is 0 Å². The largest absolute Gasteiger partial charge is 0.0654 e. The lowest BCUT2D eigenvalue weighted by Crippen LogP contribution is -2.09. The van der Waals surface area contributed by atoms with Crippen molar-refractivity contribution < 1.29 is 0 Å². The number of hydrogen-bond acceptors (Lipinski definition) is 0. The van der Waals surface area contributed by atoms with E-state index in [1.54, 1.807) is 0 Å². The fourth-order valence-electron chi connectivity index (χ4n) is 1.86. The van der Waals surface area contributed by atoms with E-state index < -0.39 is 0 Å². The zero-order valence-electron chi connectivity index (χ0n) is 8.69. The van der Waals surface area contributed by atoms with E-state index in [1.165, 1.54) is 32.1 Å². The van der Waals surface area contributed by atoms with E-state index in [-0.39, 0.29) is 0 Å². The second kappa shape index (κ2) is 6.69. The van der Waals surface area contributed by atoms with E-state index in [4.69, 9.17) is 0 Å². The van der Waals surface area contributed by atoms with E-state index in [0.29, 0.717) is 0 Å². The van der Waals surface area contributed by atoms with Gasteiger partial charge >= 0.3 is 0 Å². The van der Waals surface area contributed by atoms with Crippen LogP contribution in [-0.2, 0) is 0 Å². The van der Waals surface area contributed by atoms with Gasteiger partial charge in [-0.2, -0.15) is 0 Å². The molecule has 11 heavy (non-hydrogen) atoms. The maximum Gasteiger partial charge on any atom is -0.0394 e. The van der Waals surface area contributed by atoms with Gasteiger partial charge in [-0.1, -0.05) is 59.8 Å². The molecular weight excluding hydrogens is 132 g/mol. The number of unbranched alkanes of at least 4 members (excludes halogenated alkanes) is 1. The number of hydrogen-bond donors (Lipinski definition) is 0. The summed E-state index contributed by atoms with van der Waals surface area (Å²) in [5, 5.41) is 0. The standard InChI is InChI=1S/C11H24/c1-5-8-9-10(4)11(6-2)7-3/h10-11H,5-9H2,1-4H3. The Morgan fingerprint density at radius 1 is 1.00 bits per heavy atom. The second-order valence-electron chi connectivity index (χ2n) is 3.70. The summed E-state index contributed by atoms with van der Waals surface area (Å²) in [6.07, 6.45) is 6.92. The Balaban J connectivity index is 3.51. The summed E-state index contributed by atoms with van der Waals surface area (Å²) in [5.41, 5.74) is 0. The minimum atomic E-state index is 0.949. The molecule has 0 amide bonds. The molecule has 68 valence electrons. The third kappa shape index (κ3) is 4.44. The van der Waals surface area contributed by atoms with Crippen molar-refractivity contribution in [1.82, 2.24) is 0 Å². The van der Waals surface area contributed by atoms with Crippen LogP contribution in [0.25, 0.3) is 0 Å². The first-order valence-corrected chi connectivity index (χ1v) is 5.26. The Bertz CT molecular complexity index is 72.1. The van der Waals surface area contributed by atoms with Crippen LogP contribution < -0.4 is 0 Å². The van der Waals surface area contributed by atoms with Gasteiger partial charge in [0.1, 0.15) is 0 Å². The normalized spacial score (nSPS) is 13.9. The average molecular weight is 156 g/mol. The Hall–Kier alpha value is 0. The van der Waals surface area contributed by atoms with Crippen LogP contribution in [-0.4, -0.2) is 0 Å². The molecule has 1 unspecified atom stereocenters. The SMILES string of the molecule is CCCCC(C)C(CC)CC. The number of rotatable bonds is 6. The lowest BCUT2D eigenvalue weighted by atomic mass is 9.86. The van der Waals surface area contributed by atoms with E-state index >= 15 is 0 Å². The summed E-state index contributed by atoms with van der Waals surface area (Å²) in [7, 11) is 0. The van der Waals surface area contributed by atoms with Gasteiger partial charge in [0, 0.05) is 0 Å². The van der Waals surface area contributed by atoms with Gasteiger partial charge in [0.2, 0.25) is 0 Å². The molecule has 0 rings (SSSR count). The average Bonchev–Trinajstić information content (AvgIpc) is 2.03. The molecule has 1 atom stereocenters. The molecular formula is C11H24. The van der Waals surface area contributed by atoms with Crippen molar-refractivity contribution in [2.75, 3.05) is 0 Å². The molecule has 0 aromatic carbocycles. The van der Waals surface area contributed by atoms with Crippen LogP contribution in [0.4, 0.5) is 0 Å². The van der Waals surface area contributed by atoms with Gasteiger partial charge < -0.3 is 0 Å². The molecule has 0 saturated carbocycles. The van der Waals surface area contributed by atoms with Crippen LogP contribution in [0.2, 0.25) is 0 Å². The zero-order valence-corrected chi connectivity index (χ0v) is 8.69. The molecule has 0 spiro atoms. The third-order valence-electron chi connectivity index (χ3n) is 2.87. The van der Waals surface area contributed by atoms with Gasteiger partial charge in [0.05, 0.1) is 0 Å². The summed E-state index contributed by atoms with van der Waals surface area (Å²) in [4.78, 5) is 0. The molecule has 0 radical (unpaired) electrons. The van der Waals surface area contributed by atoms with Crippen LogP contribution >= 0.6 is 0 Å². The monoisotopic (exact) mass is 156 g/mol. The minimum Gasteiger partial charge on any atom is -0.0654 e. The Morgan fingerprint density at radius 3 is 1.91 bits per heavy atom. The minimum absolute atomic E-state index is 0.949. The summed E-state index contributed by atoms with van der Waals surface area (Å²) in [6, 6.07) is 0. The summed E-state index contributed by atoms with van der Waals surface area (Å²) < 4.78 is 0. The maximum atomic E-state index is 2.41. The lowest BCUT2D eigenvalue weighted by Gasteiger charge is -2.20. The van der Waals surface area contributed by atoms with E-state index in [9.17, 15) is 0 Å². The van der Waals surface area contributed by atoms with Crippen LogP contribution in [0, 0.1) is 11.8 Å². The summed E-state index contributed by atoms with van der Waals surface area (Å²) >= 11 is 0. The second-order valence-corrected chi connectivity index (χ2v) is 3.70. The van der Waals surface area contributed by atoms with E-state index in [1.807, 2.05) is 0 Å². The molecule has 0 saturated heterocycles. The molecule has 0 aliphatic heterocycles. The molecule has 0 heterocycles. The molecule has 0 nitrogen and oxygen atoms in total. The Labute approximate surface area is 72.4 Å². The van der Waals surface area contributed by atoms with Crippen LogP contribution in [0.15, 0.2) is 0 Å². The molecule has 0 aromatic heterocycles. The van der Waals surface area contributed by atoms with Crippen LogP contribution in [0.1, 0.15) is 59.8 Å². The molecule has 0 aliphatic carbocycles. The van der Waals surface area contributed by atoms with Crippen molar-refractivity contribution in [3.05, 3.63) is 0 Å². The fraction of sp³-hybridized carbons (Fsp3) is 1.00. The summed E-state index contributed by atoms with van der Waals surface area (Å²) in [5.74, 6) is 1.92. The highest BCUT2D eigenvalue weighted by atomic mass is 14.2. The molecule has 0 heteroatoms. The molecule has 0 N–H and O–H groups in total. The van der Waals surface area contributed by atoms with Crippen molar-refractivity contribution in [2.24, 2.45) is 11.8 Å². The van der Waals surface area contributed by atoms with Crippen molar-refractivity contribution in [3.63, 3.8) is 0 Å². The lowest BCUT2D eigenvalue weighted by molar-refractivity contribution is 0.312. The first kappa shape index (κ1) is 11.0. The highest BCUT2D eigenvalue weighted by Crippen LogP contribution is 2.23. The highest BCUT2D eigenvalue weighted by Gasteiger charge is 2.11. The predicted molar refractivity (Wildman–Crippen MR) is 52.8 cm³/mol. The zero-order chi connectivity index (χ0) is 8.69. The third-order valence-corrected chi connectivity index (χ3v) is 2.87. The fourth-order valence-corrected chi connectivity index (χ4v) is 1.86. The topological polar surface area (TPSA) is 0 Å². The maximum absolute atomic E-state index is 2.41. The highest BCUT2D eigenvalue weighted by molar-refractivity contribution is 4.63. The first-order chi connectivity index (χ1) is 5.26. The van der Waals surface area contributed by atoms with E-state index in [2.05, 4.69) is 27.7 Å². The van der Waals surface area contributed by atoms with Crippen molar-refractivity contribution in [2.45, 2.75) is 59.8 Å². The molecule has 0 fully saturated rings. The van der Waals surface area contributed by atoms with Gasteiger partial charge in [-0.25, -0.2) is 0 Å². The van der Waals surface area contributed by atoms with Gasteiger partial charge in [-0.3, -0.25) is 0 Å². The predicted octanol–water partition coefficient (Wildman–Crippen LogP) is 4.25. The molecule has 0 aromatic rings. The Kier molecular flexibility index (Phi) is 6.69. The van der Waals surface area contributed by atoms with E-state index in [0.717, 1.165) is 11.8 Å². The van der Waals surface area contributed by atoms with Crippen LogP contribution in [0.5, 0.6) is 0 Å². The van der Waals surface area contributed by atoms with Gasteiger partial charge in [0.15, 0.2) is 0 Å². The van der Waals surface area contributed by atoms with Crippen LogP contribution in [0.3, 0.4) is 0 Å². The van der Waals surface area contributed by atoms with Gasteiger partial charge in [-0.05, 0) is 11.8 Å². The molecule has 0 bridgehead atoms. The first-order valence-electron chi connectivity index (χ1n) is 5.26. The van der Waals surface area contributed by atoms with Crippen molar-refractivity contribution in [1.29, 1.82) is 0 Å². The smallest absolute Gasteiger partial charge is 0.0394 e. The van der Waals surface area contributed by atoms with Gasteiger partial charge in [-0.15, -0.1) is 0 Å². The Morgan fingerprint density at radius 2 is 1.55 bits per heavy atom. The molecule has 0 aliphatic rings. The summed E-state index contributed by atoms with van der Waals surface area (Å²) in [6.45, 7) is 9.32. The van der Waals surface area contributed by atoms with Crippen molar-refractivity contribution in [3.8, 4) is 0 Å². The quantitative estimate of drug-likeness (QED) is 0.539. The van der Waals surface area contributed by atoms with Crippen molar-refractivity contribution >= 4 is 0 Å².